The lowest BCUT2D eigenvalue weighted by Gasteiger charge is -2.28. The first kappa shape index (κ1) is 15.4. The summed E-state index contributed by atoms with van der Waals surface area (Å²) in [6.07, 6.45) is 2.49. The Bertz CT molecular complexity index is 422. The van der Waals surface area contributed by atoms with E-state index in [0.29, 0.717) is 11.5 Å². The highest BCUT2D eigenvalue weighted by Crippen LogP contribution is 2.38. The van der Waals surface area contributed by atoms with Gasteiger partial charge in [0.25, 0.3) is 0 Å². The van der Waals surface area contributed by atoms with E-state index in [4.69, 9.17) is 0 Å². The van der Waals surface area contributed by atoms with E-state index < -0.39 is 11.7 Å². The molecule has 1 atom stereocenters. The van der Waals surface area contributed by atoms with Gasteiger partial charge in [0, 0.05) is 6.04 Å². The van der Waals surface area contributed by atoms with Gasteiger partial charge in [-0.15, -0.1) is 0 Å². The molecule has 0 bridgehead atoms. The second-order valence-corrected chi connectivity index (χ2v) is 5.67. The third kappa shape index (κ3) is 3.75. The van der Waals surface area contributed by atoms with Crippen molar-refractivity contribution in [2.24, 2.45) is 5.92 Å². The summed E-state index contributed by atoms with van der Waals surface area (Å²) in [5.41, 5.74) is -0.122. The number of rotatable bonds is 4. The minimum atomic E-state index is -4.28. The molecule has 1 aliphatic rings. The minimum absolute atomic E-state index is 0.212. The molecule has 0 aromatic heterocycles. The molecule has 1 unspecified atom stereocenters. The zero-order valence-electron chi connectivity index (χ0n) is 11.8. The second kappa shape index (κ2) is 6.61. The van der Waals surface area contributed by atoms with Crippen molar-refractivity contribution < 1.29 is 13.2 Å². The zero-order chi connectivity index (χ0) is 14.6. The smallest absolute Gasteiger partial charge is 0.313 e. The van der Waals surface area contributed by atoms with Crippen molar-refractivity contribution in [3.63, 3.8) is 0 Å². The van der Waals surface area contributed by atoms with Gasteiger partial charge in [-0.2, -0.15) is 13.2 Å². The van der Waals surface area contributed by atoms with E-state index in [1.807, 2.05) is 0 Å². The van der Waals surface area contributed by atoms with Crippen molar-refractivity contribution in [2.45, 2.75) is 50.7 Å². The maximum Gasteiger partial charge on any atom is 0.416 e. The molecular formula is C16H22F3N. The third-order valence-corrected chi connectivity index (χ3v) is 4.28. The lowest BCUT2D eigenvalue weighted by Crippen LogP contribution is -2.24. The van der Waals surface area contributed by atoms with Crippen LogP contribution in [0, 0.1) is 5.92 Å². The summed E-state index contributed by atoms with van der Waals surface area (Å²) in [5.74, 6) is 0.544. The van der Waals surface area contributed by atoms with E-state index in [2.05, 4.69) is 5.32 Å². The van der Waals surface area contributed by atoms with Crippen LogP contribution in [0.15, 0.2) is 24.3 Å². The number of hydrogen-bond donors (Lipinski definition) is 1. The first-order valence-electron chi connectivity index (χ1n) is 7.35. The normalized spacial score (nSPS) is 19.0. The van der Waals surface area contributed by atoms with Crippen molar-refractivity contribution >= 4 is 0 Å². The molecule has 0 spiro atoms. The maximum atomic E-state index is 13.1. The van der Waals surface area contributed by atoms with Crippen LogP contribution in [0.1, 0.15) is 55.7 Å². The van der Waals surface area contributed by atoms with E-state index in [1.165, 1.54) is 31.4 Å². The molecule has 112 valence electrons. The number of nitrogens with one attached hydrogen (secondary N) is 1. The third-order valence-electron chi connectivity index (χ3n) is 4.28. The Morgan fingerprint density at radius 2 is 1.80 bits per heavy atom. The van der Waals surface area contributed by atoms with E-state index in [0.717, 1.165) is 19.3 Å². The molecule has 20 heavy (non-hydrogen) atoms. The predicted octanol–water partition coefficient (Wildman–Crippen LogP) is 4.94. The minimum Gasteiger partial charge on any atom is -0.313 e. The Hall–Kier alpha value is -1.03. The molecule has 1 saturated carbocycles. The van der Waals surface area contributed by atoms with Gasteiger partial charge in [-0.25, -0.2) is 0 Å². The van der Waals surface area contributed by atoms with Gasteiger partial charge in [0.2, 0.25) is 0 Å². The summed E-state index contributed by atoms with van der Waals surface area (Å²) in [4.78, 5) is 0. The van der Waals surface area contributed by atoms with Gasteiger partial charge < -0.3 is 5.32 Å². The Morgan fingerprint density at radius 1 is 1.15 bits per heavy atom. The molecule has 1 aromatic carbocycles. The molecule has 1 aromatic rings. The fourth-order valence-electron chi connectivity index (χ4n) is 3.22. The van der Waals surface area contributed by atoms with E-state index >= 15 is 0 Å². The fraction of sp³-hybridized carbons (Fsp3) is 0.625. The Kier molecular flexibility index (Phi) is 5.08. The SMILES string of the molecule is CNC(CC1CCCCC1)c1ccccc1C(F)(F)F. The molecule has 0 amide bonds. The number of alkyl halides is 3. The van der Waals surface area contributed by atoms with Crippen molar-refractivity contribution in [2.75, 3.05) is 7.05 Å². The van der Waals surface area contributed by atoms with Gasteiger partial charge in [-0.05, 0) is 31.0 Å². The van der Waals surface area contributed by atoms with Gasteiger partial charge in [0.1, 0.15) is 0 Å². The molecule has 1 nitrogen and oxygen atoms in total. The molecule has 0 saturated heterocycles. The average Bonchev–Trinajstić information content (AvgIpc) is 2.45. The molecule has 0 aliphatic heterocycles. The molecule has 0 radical (unpaired) electrons. The van der Waals surface area contributed by atoms with Crippen LogP contribution in [0.25, 0.3) is 0 Å². The summed E-state index contributed by atoms with van der Waals surface area (Å²) in [6, 6.07) is 5.72. The topological polar surface area (TPSA) is 12.0 Å². The summed E-state index contributed by atoms with van der Waals surface area (Å²) >= 11 is 0. The van der Waals surface area contributed by atoms with Gasteiger partial charge in [-0.1, -0.05) is 50.3 Å². The number of benzene rings is 1. The average molecular weight is 285 g/mol. The highest BCUT2D eigenvalue weighted by molar-refractivity contribution is 5.32. The zero-order valence-corrected chi connectivity index (χ0v) is 11.8. The van der Waals surface area contributed by atoms with Crippen LogP contribution >= 0.6 is 0 Å². The lowest BCUT2D eigenvalue weighted by molar-refractivity contribution is -0.138. The van der Waals surface area contributed by atoms with E-state index in [-0.39, 0.29) is 6.04 Å². The first-order valence-corrected chi connectivity index (χ1v) is 7.35. The second-order valence-electron chi connectivity index (χ2n) is 5.67. The van der Waals surface area contributed by atoms with Crippen LogP contribution in [0.2, 0.25) is 0 Å². The fourth-order valence-corrected chi connectivity index (χ4v) is 3.22. The molecule has 1 N–H and O–H groups in total. The van der Waals surface area contributed by atoms with Crippen LogP contribution in [-0.4, -0.2) is 7.05 Å². The van der Waals surface area contributed by atoms with Gasteiger partial charge in [-0.3, -0.25) is 0 Å². The first-order chi connectivity index (χ1) is 9.52. The van der Waals surface area contributed by atoms with Crippen molar-refractivity contribution in [3.05, 3.63) is 35.4 Å². The quantitative estimate of drug-likeness (QED) is 0.826. The summed E-state index contributed by atoms with van der Waals surface area (Å²) in [7, 11) is 1.75. The monoisotopic (exact) mass is 285 g/mol. The number of hydrogen-bond acceptors (Lipinski definition) is 1. The van der Waals surface area contributed by atoms with Crippen LogP contribution in [0.3, 0.4) is 0 Å². The Labute approximate surface area is 118 Å². The van der Waals surface area contributed by atoms with Crippen LogP contribution in [0.5, 0.6) is 0 Å². The highest BCUT2D eigenvalue weighted by atomic mass is 19.4. The molecular weight excluding hydrogens is 263 g/mol. The van der Waals surface area contributed by atoms with Crippen molar-refractivity contribution in [1.82, 2.24) is 5.32 Å². The summed E-state index contributed by atoms with van der Waals surface area (Å²) in [6.45, 7) is 0. The lowest BCUT2D eigenvalue weighted by atomic mass is 9.82. The standard InChI is InChI=1S/C16H22F3N/c1-20-15(11-12-7-3-2-4-8-12)13-9-5-6-10-14(13)16(17,18)19/h5-6,9-10,12,15,20H,2-4,7-8,11H2,1H3. The van der Waals surface area contributed by atoms with Gasteiger partial charge in [0.15, 0.2) is 0 Å². The van der Waals surface area contributed by atoms with Crippen LogP contribution in [-0.2, 0) is 6.18 Å². The molecule has 0 heterocycles. The van der Waals surface area contributed by atoms with Crippen LogP contribution < -0.4 is 5.32 Å². The maximum absolute atomic E-state index is 13.1. The molecule has 2 rings (SSSR count). The summed E-state index contributed by atoms with van der Waals surface area (Å²) < 4.78 is 39.3. The molecule has 1 fully saturated rings. The van der Waals surface area contributed by atoms with Gasteiger partial charge >= 0.3 is 6.18 Å². The molecule has 1 aliphatic carbocycles. The molecule has 4 heteroatoms. The Morgan fingerprint density at radius 3 is 2.40 bits per heavy atom. The van der Waals surface area contributed by atoms with Crippen molar-refractivity contribution in [1.29, 1.82) is 0 Å². The number of halogens is 3. The van der Waals surface area contributed by atoms with E-state index in [9.17, 15) is 13.2 Å². The van der Waals surface area contributed by atoms with E-state index in [1.54, 1.807) is 19.2 Å². The Balaban J connectivity index is 2.18. The largest absolute Gasteiger partial charge is 0.416 e. The van der Waals surface area contributed by atoms with Crippen LogP contribution in [0.4, 0.5) is 13.2 Å². The van der Waals surface area contributed by atoms with Crippen molar-refractivity contribution in [3.8, 4) is 0 Å². The predicted molar refractivity (Wildman–Crippen MR) is 74.4 cm³/mol. The summed E-state index contributed by atoms with van der Waals surface area (Å²) in [5, 5.41) is 3.08. The highest BCUT2D eigenvalue weighted by Gasteiger charge is 2.35. The van der Waals surface area contributed by atoms with Gasteiger partial charge in [0.05, 0.1) is 5.56 Å².